The van der Waals surface area contributed by atoms with Gasteiger partial charge in [0.25, 0.3) is 5.56 Å². The Labute approximate surface area is 201 Å². The van der Waals surface area contributed by atoms with Gasteiger partial charge in [-0.25, -0.2) is 13.4 Å². The van der Waals surface area contributed by atoms with Crippen molar-refractivity contribution < 1.29 is 13.2 Å². The van der Waals surface area contributed by atoms with Gasteiger partial charge in [-0.3, -0.25) is 14.2 Å². The largest absolute Gasteiger partial charge is 0.344 e. The molecule has 0 aliphatic carbocycles. The fourth-order valence-corrected chi connectivity index (χ4v) is 7.75. The van der Waals surface area contributed by atoms with E-state index in [-0.39, 0.29) is 35.4 Å². The first-order chi connectivity index (χ1) is 16.2. The number of carbonyl (C=O) groups is 1. The molecule has 0 amide bonds. The van der Waals surface area contributed by atoms with Crippen LogP contribution in [0.5, 0.6) is 0 Å². The Bertz CT molecular complexity index is 1590. The molecular weight excluding hydrogens is 470 g/mol. The van der Waals surface area contributed by atoms with E-state index in [1.165, 1.54) is 22.2 Å². The van der Waals surface area contributed by atoms with E-state index in [1.807, 2.05) is 55.7 Å². The number of aromatic nitrogens is 3. The molecule has 0 N–H and O–H groups in total. The average Bonchev–Trinajstić information content (AvgIpc) is 3.42. The molecule has 1 saturated heterocycles. The van der Waals surface area contributed by atoms with Crippen LogP contribution in [0.4, 0.5) is 0 Å². The molecule has 5 rings (SSSR count). The molecule has 9 heteroatoms. The van der Waals surface area contributed by atoms with E-state index in [9.17, 15) is 18.0 Å². The first kappa shape index (κ1) is 22.7. The summed E-state index contributed by atoms with van der Waals surface area (Å²) in [4.78, 5) is 32.9. The van der Waals surface area contributed by atoms with Crippen molar-refractivity contribution in [3.05, 3.63) is 74.9 Å². The zero-order chi connectivity index (χ0) is 24.2. The smallest absolute Gasteiger partial charge is 0.263 e. The van der Waals surface area contributed by atoms with Gasteiger partial charge in [0.15, 0.2) is 15.6 Å². The summed E-state index contributed by atoms with van der Waals surface area (Å²) < 4.78 is 27.3. The second-order valence-corrected chi connectivity index (χ2v) is 12.3. The Kier molecular flexibility index (Phi) is 5.56. The van der Waals surface area contributed by atoms with Crippen molar-refractivity contribution >= 4 is 37.2 Å². The van der Waals surface area contributed by atoms with E-state index in [4.69, 9.17) is 0 Å². The van der Waals surface area contributed by atoms with Crippen LogP contribution in [-0.2, 0) is 16.4 Å². The predicted molar refractivity (Wildman–Crippen MR) is 135 cm³/mol. The lowest BCUT2D eigenvalue weighted by Crippen LogP contribution is -2.25. The summed E-state index contributed by atoms with van der Waals surface area (Å²) in [5.41, 5.74) is 3.67. The maximum Gasteiger partial charge on any atom is 0.263 e. The van der Waals surface area contributed by atoms with E-state index in [0.29, 0.717) is 22.2 Å². The van der Waals surface area contributed by atoms with Crippen LogP contribution in [0.15, 0.2) is 47.5 Å². The predicted octanol–water partition coefficient (Wildman–Crippen LogP) is 4.09. The van der Waals surface area contributed by atoms with Gasteiger partial charge in [0, 0.05) is 33.4 Å². The minimum Gasteiger partial charge on any atom is -0.344 e. The SMILES string of the molecule is Cc1sc2ncn(CC(=O)c3cc(C)n(C4CCS(=O)(=O)C4)c3C)c(=O)c2c1-c1ccccc1. The van der Waals surface area contributed by atoms with Gasteiger partial charge in [-0.2, -0.15) is 0 Å². The molecule has 1 fully saturated rings. The zero-order valence-corrected chi connectivity index (χ0v) is 20.9. The molecule has 0 saturated carbocycles. The standard InChI is InChI=1S/C25H25N3O4S2/c1-15-11-20(16(2)28(15)19-9-10-34(31,32)13-19)21(29)12-27-14-26-24-23(25(27)30)22(17(3)33-24)18-7-5-4-6-8-18/h4-8,11,14,19H,9-10,12-13H2,1-3H3. The molecule has 34 heavy (non-hydrogen) atoms. The van der Waals surface area contributed by atoms with E-state index >= 15 is 0 Å². The molecule has 1 aromatic carbocycles. The summed E-state index contributed by atoms with van der Waals surface area (Å²) >= 11 is 1.47. The van der Waals surface area contributed by atoms with Gasteiger partial charge in [0.1, 0.15) is 4.83 Å². The number of ketones is 1. The number of carbonyl (C=O) groups excluding carboxylic acids is 1. The van der Waals surface area contributed by atoms with Crippen molar-refractivity contribution in [3.8, 4) is 11.1 Å². The van der Waals surface area contributed by atoms with Crippen LogP contribution in [0.1, 0.15) is 39.1 Å². The molecule has 1 aliphatic rings. The molecule has 3 aromatic heterocycles. The molecule has 7 nitrogen and oxygen atoms in total. The highest BCUT2D eigenvalue weighted by Crippen LogP contribution is 2.35. The Balaban J connectivity index is 1.51. The number of hydrogen-bond donors (Lipinski definition) is 0. The lowest BCUT2D eigenvalue weighted by atomic mass is 10.0. The van der Waals surface area contributed by atoms with Crippen molar-refractivity contribution in [1.82, 2.24) is 14.1 Å². The number of fused-ring (bicyclic) bond motifs is 1. The van der Waals surface area contributed by atoms with Gasteiger partial charge in [-0.15, -0.1) is 11.3 Å². The fraction of sp³-hybridized carbons (Fsp3) is 0.320. The van der Waals surface area contributed by atoms with Crippen LogP contribution in [0.3, 0.4) is 0 Å². The third kappa shape index (κ3) is 3.82. The normalized spacial score (nSPS) is 17.4. The van der Waals surface area contributed by atoms with Crippen molar-refractivity contribution in [3.63, 3.8) is 0 Å². The third-order valence-electron chi connectivity index (χ3n) is 6.59. The Morgan fingerprint density at radius 1 is 1.18 bits per heavy atom. The van der Waals surface area contributed by atoms with Gasteiger partial charge in [-0.1, -0.05) is 30.3 Å². The molecule has 0 spiro atoms. The van der Waals surface area contributed by atoms with Crippen LogP contribution in [0, 0.1) is 20.8 Å². The number of aryl methyl sites for hydroxylation is 2. The number of sulfone groups is 1. The number of rotatable bonds is 5. The molecular formula is C25H25N3O4S2. The topological polar surface area (TPSA) is 91.0 Å². The van der Waals surface area contributed by atoms with Crippen molar-refractivity contribution in [1.29, 1.82) is 0 Å². The highest BCUT2D eigenvalue weighted by Gasteiger charge is 2.31. The molecule has 176 valence electrons. The number of nitrogens with zero attached hydrogens (tertiary/aromatic N) is 3. The zero-order valence-electron chi connectivity index (χ0n) is 19.2. The van der Waals surface area contributed by atoms with E-state index < -0.39 is 9.84 Å². The Morgan fingerprint density at radius 2 is 1.91 bits per heavy atom. The number of thiophene rings is 1. The third-order valence-corrected chi connectivity index (χ3v) is 9.35. The highest BCUT2D eigenvalue weighted by atomic mass is 32.2. The van der Waals surface area contributed by atoms with Crippen LogP contribution in [-0.4, -0.2) is 39.8 Å². The molecule has 0 bridgehead atoms. The van der Waals surface area contributed by atoms with Gasteiger partial charge >= 0.3 is 0 Å². The summed E-state index contributed by atoms with van der Waals surface area (Å²) in [6.45, 7) is 5.57. The maximum absolute atomic E-state index is 13.4. The Morgan fingerprint density at radius 3 is 2.59 bits per heavy atom. The van der Waals surface area contributed by atoms with Crippen molar-refractivity contribution in [2.75, 3.05) is 11.5 Å². The molecule has 0 radical (unpaired) electrons. The molecule has 1 atom stereocenters. The summed E-state index contributed by atoms with van der Waals surface area (Å²) in [5.74, 6) is 0.0661. The number of Topliss-reactive ketones (excluding diaryl/α,β-unsaturated/α-hetero) is 1. The van der Waals surface area contributed by atoms with Gasteiger partial charge in [-0.05, 0) is 38.8 Å². The second kappa shape index (κ2) is 8.32. The summed E-state index contributed by atoms with van der Waals surface area (Å²) in [7, 11) is -3.05. The van der Waals surface area contributed by atoms with Crippen molar-refractivity contribution in [2.45, 2.75) is 39.8 Å². The minimum atomic E-state index is -3.05. The van der Waals surface area contributed by atoms with E-state index in [2.05, 4.69) is 4.98 Å². The fourth-order valence-electron chi connectivity index (χ4n) is 5.04. The van der Waals surface area contributed by atoms with Crippen LogP contribution in [0.2, 0.25) is 0 Å². The van der Waals surface area contributed by atoms with Gasteiger partial charge < -0.3 is 4.57 Å². The van der Waals surface area contributed by atoms with Crippen LogP contribution >= 0.6 is 11.3 Å². The van der Waals surface area contributed by atoms with Crippen molar-refractivity contribution in [2.24, 2.45) is 0 Å². The quantitative estimate of drug-likeness (QED) is 0.389. The lowest BCUT2D eigenvalue weighted by molar-refractivity contribution is 0.0970. The monoisotopic (exact) mass is 495 g/mol. The first-order valence-corrected chi connectivity index (χ1v) is 13.8. The summed E-state index contributed by atoms with van der Waals surface area (Å²) in [6.07, 6.45) is 1.99. The van der Waals surface area contributed by atoms with Gasteiger partial charge in [0.05, 0.1) is 29.8 Å². The molecule has 4 heterocycles. The van der Waals surface area contributed by atoms with Crippen LogP contribution < -0.4 is 5.56 Å². The summed E-state index contributed by atoms with van der Waals surface area (Å²) in [5, 5.41) is 0.533. The first-order valence-electron chi connectivity index (χ1n) is 11.1. The number of benzene rings is 1. The molecule has 1 aliphatic heterocycles. The second-order valence-electron chi connectivity index (χ2n) is 8.89. The lowest BCUT2D eigenvalue weighted by Gasteiger charge is -2.16. The van der Waals surface area contributed by atoms with E-state index in [0.717, 1.165) is 27.4 Å². The molecule has 4 aromatic rings. The minimum absolute atomic E-state index is 0.0941. The highest BCUT2D eigenvalue weighted by molar-refractivity contribution is 7.91. The molecule has 1 unspecified atom stereocenters. The average molecular weight is 496 g/mol. The van der Waals surface area contributed by atoms with Gasteiger partial charge in [0.2, 0.25) is 0 Å². The maximum atomic E-state index is 13.4. The Hall–Kier alpha value is -3.04. The van der Waals surface area contributed by atoms with Crippen LogP contribution in [0.25, 0.3) is 21.3 Å². The van der Waals surface area contributed by atoms with E-state index in [1.54, 1.807) is 6.07 Å². The summed E-state index contributed by atoms with van der Waals surface area (Å²) in [6, 6.07) is 11.4. The number of hydrogen-bond acceptors (Lipinski definition) is 6.